The van der Waals surface area contributed by atoms with E-state index in [-0.39, 0.29) is 0 Å². The summed E-state index contributed by atoms with van der Waals surface area (Å²) < 4.78 is 0. The lowest BCUT2D eigenvalue weighted by atomic mass is 9.72. The maximum Gasteiger partial charge on any atom is 0.0935 e. The molecule has 2 heteroatoms. The number of halogens is 1. The Kier molecular flexibility index (Phi) is 4.47. The van der Waals surface area contributed by atoms with Crippen molar-refractivity contribution in [3.63, 3.8) is 0 Å². The van der Waals surface area contributed by atoms with Crippen LogP contribution in [-0.4, -0.2) is 11.0 Å². The zero-order valence-electron chi connectivity index (χ0n) is 10.2. The molecule has 1 aliphatic rings. The summed E-state index contributed by atoms with van der Waals surface area (Å²) in [6.07, 6.45) is 6.69. The minimum atomic E-state index is -0.719. The zero-order chi connectivity index (χ0) is 12.1. The van der Waals surface area contributed by atoms with Gasteiger partial charge in [0.15, 0.2) is 0 Å². The summed E-state index contributed by atoms with van der Waals surface area (Å²) in [4.78, 5) is 0. The molecule has 0 aliphatic heterocycles. The second-order valence-electron chi connectivity index (χ2n) is 5.06. The van der Waals surface area contributed by atoms with Crippen molar-refractivity contribution in [2.45, 2.75) is 44.1 Å². The number of aliphatic hydroxyl groups is 1. The van der Waals surface area contributed by atoms with Crippen molar-refractivity contribution in [2.24, 2.45) is 5.92 Å². The summed E-state index contributed by atoms with van der Waals surface area (Å²) in [5.74, 6) is 0.888. The van der Waals surface area contributed by atoms with Gasteiger partial charge in [0, 0.05) is 5.88 Å². The maximum absolute atomic E-state index is 11.0. The van der Waals surface area contributed by atoms with Gasteiger partial charge in [0.1, 0.15) is 0 Å². The van der Waals surface area contributed by atoms with E-state index in [1.54, 1.807) is 0 Å². The molecule has 17 heavy (non-hydrogen) atoms. The minimum absolute atomic E-state index is 0.373. The van der Waals surface area contributed by atoms with Crippen molar-refractivity contribution in [2.75, 3.05) is 5.88 Å². The molecule has 2 rings (SSSR count). The van der Waals surface area contributed by atoms with E-state index in [0.29, 0.717) is 18.2 Å². The van der Waals surface area contributed by atoms with Crippen molar-refractivity contribution in [1.29, 1.82) is 0 Å². The lowest BCUT2D eigenvalue weighted by Crippen LogP contribution is -2.37. The average molecular weight is 253 g/mol. The molecule has 0 aromatic heterocycles. The van der Waals surface area contributed by atoms with Gasteiger partial charge in [0.25, 0.3) is 0 Å². The molecular formula is C15H21ClO. The Bertz CT molecular complexity index is 332. The van der Waals surface area contributed by atoms with Crippen LogP contribution in [0.25, 0.3) is 0 Å². The molecule has 0 heterocycles. The van der Waals surface area contributed by atoms with E-state index >= 15 is 0 Å². The van der Waals surface area contributed by atoms with Crippen LogP contribution < -0.4 is 0 Å². The highest BCUT2D eigenvalue weighted by molar-refractivity contribution is 6.17. The summed E-state index contributed by atoms with van der Waals surface area (Å²) in [6, 6.07) is 10.0. The Morgan fingerprint density at radius 3 is 2.35 bits per heavy atom. The molecule has 1 fully saturated rings. The first-order chi connectivity index (χ1) is 8.27. The van der Waals surface area contributed by atoms with Crippen LogP contribution in [0.3, 0.4) is 0 Å². The summed E-state index contributed by atoms with van der Waals surface area (Å²) in [5, 5.41) is 11.0. The molecule has 1 nitrogen and oxygen atoms in total. The van der Waals surface area contributed by atoms with E-state index in [9.17, 15) is 5.11 Å². The fraction of sp³-hybridized carbons (Fsp3) is 0.600. The van der Waals surface area contributed by atoms with Gasteiger partial charge in [0.05, 0.1) is 5.60 Å². The van der Waals surface area contributed by atoms with Crippen LogP contribution >= 0.6 is 11.6 Å². The third-order valence-corrected chi connectivity index (χ3v) is 4.22. The molecule has 94 valence electrons. The zero-order valence-corrected chi connectivity index (χ0v) is 11.0. The summed E-state index contributed by atoms with van der Waals surface area (Å²) in [5.41, 5.74) is 0.316. The van der Waals surface area contributed by atoms with Crippen molar-refractivity contribution in [3.8, 4) is 0 Å². The Labute approximate surface area is 109 Å². The average Bonchev–Trinajstić information content (AvgIpc) is 2.41. The second-order valence-corrected chi connectivity index (χ2v) is 5.44. The van der Waals surface area contributed by atoms with Crippen molar-refractivity contribution in [3.05, 3.63) is 35.9 Å². The quantitative estimate of drug-likeness (QED) is 0.801. The van der Waals surface area contributed by atoms with E-state index in [4.69, 9.17) is 11.6 Å². The molecule has 0 saturated heterocycles. The highest BCUT2D eigenvalue weighted by atomic mass is 35.5. The predicted octanol–water partition coefficient (Wildman–Crippen LogP) is 4.08. The van der Waals surface area contributed by atoms with Gasteiger partial charge in [-0.25, -0.2) is 0 Å². The molecular weight excluding hydrogens is 232 g/mol. The number of alkyl halides is 1. The van der Waals surface area contributed by atoms with Gasteiger partial charge in [-0.15, -0.1) is 11.6 Å². The van der Waals surface area contributed by atoms with E-state index in [1.165, 1.54) is 19.3 Å². The van der Waals surface area contributed by atoms with Crippen molar-refractivity contribution >= 4 is 11.6 Å². The molecule has 1 saturated carbocycles. The number of benzene rings is 1. The lowest BCUT2D eigenvalue weighted by molar-refractivity contribution is -0.0414. The third-order valence-electron chi connectivity index (χ3n) is 4.03. The Balaban J connectivity index is 2.24. The second kappa shape index (κ2) is 5.88. The van der Waals surface area contributed by atoms with E-state index in [2.05, 4.69) is 0 Å². The minimum Gasteiger partial charge on any atom is -0.385 e. The number of hydrogen-bond donors (Lipinski definition) is 1. The van der Waals surface area contributed by atoms with Gasteiger partial charge >= 0.3 is 0 Å². The van der Waals surface area contributed by atoms with Crippen molar-refractivity contribution in [1.82, 2.24) is 0 Å². The normalized spacial score (nSPS) is 21.1. The molecule has 1 aromatic carbocycles. The SMILES string of the molecule is OC(CCCl)(c1ccccc1)C1CCCCC1. The van der Waals surface area contributed by atoms with Crippen LogP contribution in [0.5, 0.6) is 0 Å². The molecule has 0 amide bonds. The highest BCUT2D eigenvalue weighted by Crippen LogP contribution is 2.41. The van der Waals surface area contributed by atoms with Gasteiger partial charge in [-0.2, -0.15) is 0 Å². The maximum atomic E-state index is 11.0. The molecule has 0 spiro atoms. The van der Waals surface area contributed by atoms with Gasteiger partial charge in [-0.05, 0) is 30.7 Å². The first-order valence-corrected chi connectivity index (χ1v) is 7.14. The highest BCUT2D eigenvalue weighted by Gasteiger charge is 2.37. The lowest BCUT2D eigenvalue weighted by Gasteiger charge is -2.38. The Hall–Kier alpha value is -0.530. The molecule has 0 bridgehead atoms. The van der Waals surface area contributed by atoms with Crippen molar-refractivity contribution < 1.29 is 5.11 Å². The first kappa shape index (κ1) is 12.9. The summed E-state index contributed by atoms with van der Waals surface area (Å²) in [7, 11) is 0. The third kappa shape index (κ3) is 2.83. The van der Waals surface area contributed by atoms with Crippen LogP contribution in [0.4, 0.5) is 0 Å². The van der Waals surface area contributed by atoms with Crippen LogP contribution in [-0.2, 0) is 5.60 Å². The summed E-state index contributed by atoms with van der Waals surface area (Å²) >= 11 is 5.90. The Morgan fingerprint density at radius 1 is 1.12 bits per heavy atom. The van der Waals surface area contributed by atoms with E-state index in [1.807, 2.05) is 30.3 Å². The monoisotopic (exact) mass is 252 g/mol. The van der Waals surface area contributed by atoms with Crippen LogP contribution in [0.1, 0.15) is 44.1 Å². The number of rotatable bonds is 4. The van der Waals surface area contributed by atoms with Gasteiger partial charge in [0.2, 0.25) is 0 Å². The standard InChI is InChI=1S/C15H21ClO/c16-12-11-15(17,13-7-3-1-4-8-13)14-9-5-2-6-10-14/h1,3-4,7-8,14,17H,2,5-6,9-12H2. The molecule has 0 radical (unpaired) electrons. The van der Waals surface area contributed by atoms with Crippen LogP contribution in [0, 0.1) is 5.92 Å². The van der Waals surface area contributed by atoms with Crippen LogP contribution in [0.2, 0.25) is 0 Å². The van der Waals surface area contributed by atoms with Gasteiger partial charge in [-0.3, -0.25) is 0 Å². The number of hydrogen-bond acceptors (Lipinski definition) is 1. The smallest absolute Gasteiger partial charge is 0.0935 e. The fourth-order valence-corrected chi connectivity index (χ4v) is 3.32. The molecule has 1 N–H and O–H groups in total. The van der Waals surface area contributed by atoms with Gasteiger partial charge < -0.3 is 5.11 Å². The summed E-state index contributed by atoms with van der Waals surface area (Å²) in [6.45, 7) is 0. The fourth-order valence-electron chi connectivity index (χ4n) is 3.04. The molecule has 1 unspecified atom stereocenters. The molecule has 1 atom stereocenters. The largest absolute Gasteiger partial charge is 0.385 e. The van der Waals surface area contributed by atoms with E-state index < -0.39 is 5.60 Å². The molecule has 1 aliphatic carbocycles. The molecule has 1 aromatic rings. The predicted molar refractivity (Wildman–Crippen MR) is 72.3 cm³/mol. The van der Waals surface area contributed by atoms with Gasteiger partial charge in [-0.1, -0.05) is 49.6 Å². The first-order valence-electron chi connectivity index (χ1n) is 6.61. The Morgan fingerprint density at radius 2 is 1.76 bits per heavy atom. The van der Waals surface area contributed by atoms with Crippen LogP contribution in [0.15, 0.2) is 30.3 Å². The van der Waals surface area contributed by atoms with E-state index in [0.717, 1.165) is 18.4 Å². The topological polar surface area (TPSA) is 20.2 Å².